The van der Waals surface area contributed by atoms with Crippen molar-refractivity contribution < 1.29 is 29.3 Å². The van der Waals surface area contributed by atoms with Gasteiger partial charge in [-0.2, -0.15) is 0 Å². The molecule has 0 saturated carbocycles. The highest BCUT2D eigenvalue weighted by Crippen LogP contribution is 2.42. The molecule has 178 valence electrons. The van der Waals surface area contributed by atoms with Crippen molar-refractivity contribution in [2.45, 2.75) is 20.1 Å². The zero-order chi connectivity index (χ0) is 24.1. The number of carbonyl (C=O) groups is 2. The van der Waals surface area contributed by atoms with E-state index in [-0.39, 0.29) is 40.3 Å². The van der Waals surface area contributed by atoms with E-state index < -0.39 is 17.9 Å². The van der Waals surface area contributed by atoms with Crippen LogP contribution in [0.5, 0.6) is 11.5 Å². The Hall–Kier alpha value is -3.14. The molecule has 0 heterocycles. The summed E-state index contributed by atoms with van der Waals surface area (Å²) in [6.07, 6.45) is -0.535. The predicted octanol–water partition coefficient (Wildman–Crippen LogP) is 2.66. The Kier molecular flexibility index (Phi) is 7.91. The Morgan fingerprint density at radius 3 is 1.76 bits per heavy atom. The van der Waals surface area contributed by atoms with E-state index in [0.717, 1.165) is 0 Å². The number of ketones is 2. The second-order valence-corrected chi connectivity index (χ2v) is 7.87. The fourth-order valence-electron chi connectivity index (χ4n) is 3.80. The van der Waals surface area contributed by atoms with E-state index in [0.29, 0.717) is 37.7 Å². The third-order valence-corrected chi connectivity index (χ3v) is 5.31. The van der Waals surface area contributed by atoms with Crippen LogP contribution in [0.2, 0.25) is 0 Å². The number of likely N-dealkylation sites (N-methyl/N-ethyl adjacent to an activating group) is 1. The average molecular weight is 458 g/mol. The van der Waals surface area contributed by atoms with Gasteiger partial charge < -0.3 is 35.2 Å². The molecule has 3 rings (SSSR count). The molecule has 0 aromatic heterocycles. The standard InChI is InChI=1S/C24H31N3O6/c1-5-32-18(33-6-2)13-26-15-8-7-14(25-11-12-27(3)4)19-20(15)24(31)22-17(29)10-9-16(28)21(22)23(19)30/h7-10,18,25-26,28-29H,5-6,11-13H2,1-4H3. The minimum absolute atomic E-state index is 0.134. The SMILES string of the molecule is CCOC(CNc1ccc(NCCN(C)C)c2c1C(=O)c1c(O)ccc(O)c1C2=O)OCC. The summed E-state index contributed by atoms with van der Waals surface area (Å²) in [7, 11) is 3.87. The fourth-order valence-corrected chi connectivity index (χ4v) is 3.80. The van der Waals surface area contributed by atoms with E-state index >= 15 is 0 Å². The molecule has 1 aliphatic carbocycles. The van der Waals surface area contributed by atoms with E-state index in [9.17, 15) is 19.8 Å². The van der Waals surface area contributed by atoms with Crippen molar-refractivity contribution in [2.75, 3.05) is 57.6 Å². The van der Waals surface area contributed by atoms with Gasteiger partial charge >= 0.3 is 0 Å². The highest BCUT2D eigenvalue weighted by Gasteiger charge is 2.38. The fraction of sp³-hybridized carbons (Fsp3) is 0.417. The molecule has 9 heteroatoms. The predicted molar refractivity (Wildman–Crippen MR) is 126 cm³/mol. The quantitative estimate of drug-likeness (QED) is 0.254. The molecule has 2 aromatic carbocycles. The third-order valence-electron chi connectivity index (χ3n) is 5.31. The molecule has 9 nitrogen and oxygen atoms in total. The van der Waals surface area contributed by atoms with Crippen LogP contribution in [-0.2, 0) is 9.47 Å². The number of anilines is 2. The summed E-state index contributed by atoms with van der Waals surface area (Å²) in [5, 5.41) is 27.1. The summed E-state index contributed by atoms with van der Waals surface area (Å²) in [5.74, 6) is -1.78. The number of ether oxygens (including phenoxy) is 2. The molecule has 0 aliphatic heterocycles. The van der Waals surface area contributed by atoms with Crippen LogP contribution in [0.3, 0.4) is 0 Å². The van der Waals surface area contributed by atoms with Crippen LogP contribution in [-0.4, -0.2) is 79.9 Å². The maximum Gasteiger partial charge on any atom is 0.200 e. The summed E-state index contributed by atoms with van der Waals surface area (Å²) in [6.45, 7) is 6.14. The first-order valence-corrected chi connectivity index (χ1v) is 11.0. The van der Waals surface area contributed by atoms with Crippen molar-refractivity contribution in [1.29, 1.82) is 0 Å². The Morgan fingerprint density at radius 2 is 1.30 bits per heavy atom. The molecule has 0 amide bonds. The van der Waals surface area contributed by atoms with Gasteiger partial charge in [-0.1, -0.05) is 0 Å². The number of nitrogens with one attached hydrogen (secondary N) is 2. The Balaban J connectivity index is 2.07. The Labute approximate surface area is 193 Å². The van der Waals surface area contributed by atoms with E-state index in [1.54, 1.807) is 12.1 Å². The molecule has 0 atom stereocenters. The van der Waals surface area contributed by atoms with Crippen molar-refractivity contribution in [3.05, 3.63) is 46.5 Å². The summed E-state index contributed by atoms with van der Waals surface area (Å²) < 4.78 is 11.1. The van der Waals surface area contributed by atoms with Crippen LogP contribution in [0.25, 0.3) is 0 Å². The van der Waals surface area contributed by atoms with Gasteiger partial charge in [-0.3, -0.25) is 9.59 Å². The van der Waals surface area contributed by atoms with Gasteiger partial charge in [0.15, 0.2) is 6.29 Å². The van der Waals surface area contributed by atoms with Gasteiger partial charge in [0, 0.05) is 37.7 Å². The minimum atomic E-state index is -0.545. The van der Waals surface area contributed by atoms with Crippen LogP contribution in [0.1, 0.15) is 45.7 Å². The Morgan fingerprint density at radius 1 is 0.818 bits per heavy atom. The smallest absolute Gasteiger partial charge is 0.200 e. The van der Waals surface area contributed by atoms with Crippen LogP contribution in [0, 0.1) is 0 Å². The van der Waals surface area contributed by atoms with E-state index in [1.807, 2.05) is 32.8 Å². The third kappa shape index (κ3) is 5.11. The molecule has 4 N–H and O–H groups in total. The largest absolute Gasteiger partial charge is 0.507 e. The monoisotopic (exact) mass is 457 g/mol. The van der Waals surface area contributed by atoms with Gasteiger partial charge in [0.1, 0.15) is 11.5 Å². The number of aromatic hydroxyl groups is 2. The van der Waals surface area contributed by atoms with Gasteiger partial charge in [0.2, 0.25) is 11.6 Å². The molecule has 0 unspecified atom stereocenters. The normalized spacial score (nSPS) is 12.8. The van der Waals surface area contributed by atoms with Crippen molar-refractivity contribution in [1.82, 2.24) is 4.90 Å². The highest BCUT2D eigenvalue weighted by atomic mass is 16.7. The lowest BCUT2D eigenvalue weighted by Gasteiger charge is -2.26. The highest BCUT2D eigenvalue weighted by molar-refractivity contribution is 6.33. The minimum Gasteiger partial charge on any atom is -0.507 e. The van der Waals surface area contributed by atoms with E-state index in [2.05, 4.69) is 10.6 Å². The van der Waals surface area contributed by atoms with Crippen LogP contribution < -0.4 is 10.6 Å². The summed E-state index contributed by atoms with van der Waals surface area (Å²) in [5.41, 5.74) is 0.792. The number of phenolic OH excluding ortho intramolecular Hbond substituents is 2. The first-order chi connectivity index (χ1) is 15.8. The number of carbonyl (C=O) groups excluding carboxylic acids is 2. The number of benzene rings is 2. The summed E-state index contributed by atoms with van der Waals surface area (Å²) in [6, 6.07) is 5.85. The molecule has 2 aromatic rings. The maximum absolute atomic E-state index is 13.5. The average Bonchev–Trinajstić information content (AvgIpc) is 2.77. The Bertz CT molecular complexity index is 1030. The second-order valence-electron chi connectivity index (χ2n) is 7.87. The van der Waals surface area contributed by atoms with Gasteiger partial charge in [0.05, 0.1) is 28.8 Å². The molecular formula is C24H31N3O6. The first-order valence-electron chi connectivity index (χ1n) is 11.0. The molecular weight excluding hydrogens is 426 g/mol. The number of hydrogen-bond acceptors (Lipinski definition) is 9. The van der Waals surface area contributed by atoms with Crippen molar-refractivity contribution in [2.24, 2.45) is 0 Å². The summed E-state index contributed by atoms with van der Waals surface area (Å²) >= 11 is 0. The zero-order valence-electron chi connectivity index (χ0n) is 19.4. The molecule has 33 heavy (non-hydrogen) atoms. The lowest BCUT2D eigenvalue weighted by atomic mass is 9.81. The number of hydrogen-bond donors (Lipinski definition) is 4. The molecule has 0 radical (unpaired) electrons. The van der Waals surface area contributed by atoms with E-state index in [4.69, 9.17) is 9.47 Å². The zero-order valence-corrected chi connectivity index (χ0v) is 19.4. The summed E-state index contributed by atoms with van der Waals surface area (Å²) in [4.78, 5) is 29.0. The van der Waals surface area contributed by atoms with Gasteiger partial charge in [-0.15, -0.1) is 0 Å². The number of fused-ring (bicyclic) bond motifs is 2. The van der Waals surface area contributed by atoms with Crippen molar-refractivity contribution in [3.63, 3.8) is 0 Å². The van der Waals surface area contributed by atoms with Crippen molar-refractivity contribution >= 4 is 22.9 Å². The van der Waals surface area contributed by atoms with Crippen LogP contribution in [0.4, 0.5) is 11.4 Å². The second kappa shape index (κ2) is 10.7. The van der Waals surface area contributed by atoms with Crippen molar-refractivity contribution in [3.8, 4) is 11.5 Å². The molecule has 0 fully saturated rings. The number of rotatable bonds is 11. The van der Waals surface area contributed by atoms with Gasteiger partial charge in [0.25, 0.3) is 0 Å². The van der Waals surface area contributed by atoms with Gasteiger partial charge in [-0.05, 0) is 52.2 Å². The molecule has 1 aliphatic rings. The number of nitrogens with zero attached hydrogens (tertiary/aromatic N) is 1. The van der Waals surface area contributed by atoms with Crippen LogP contribution >= 0.6 is 0 Å². The maximum atomic E-state index is 13.5. The lowest BCUT2D eigenvalue weighted by molar-refractivity contribution is -0.126. The van der Waals surface area contributed by atoms with Crippen LogP contribution in [0.15, 0.2) is 24.3 Å². The lowest BCUT2D eigenvalue weighted by Crippen LogP contribution is -2.29. The van der Waals surface area contributed by atoms with E-state index in [1.165, 1.54) is 12.1 Å². The first kappa shape index (κ1) is 24.5. The molecule has 0 bridgehead atoms. The molecule has 0 spiro atoms. The van der Waals surface area contributed by atoms with Gasteiger partial charge in [-0.25, -0.2) is 0 Å². The number of phenols is 2. The topological polar surface area (TPSA) is 120 Å². The molecule has 0 saturated heterocycles.